The van der Waals surface area contributed by atoms with Crippen LogP contribution in [0.4, 0.5) is 5.69 Å². The predicted octanol–water partition coefficient (Wildman–Crippen LogP) is 4.61. The van der Waals surface area contributed by atoms with Crippen LogP contribution in [0.3, 0.4) is 0 Å². The van der Waals surface area contributed by atoms with Gasteiger partial charge in [-0.1, -0.05) is 29.8 Å². The van der Waals surface area contributed by atoms with Gasteiger partial charge in [-0.15, -0.1) is 0 Å². The van der Waals surface area contributed by atoms with Gasteiger partial charge in [0.15, 0.2) is 0 Å². The van der Waals surface area contributed by atoms with E-state index >= 15 is 0 Å². The van der Waals surface area contributed by atoms with Crippen molar-refractivity contribution in [2.45, 2.75) is 56.5 Å². The third-order valence-corrected chi connectivity index (χ3v) is 10.6. The molecule has 1 spiro atoms. The summed E-state index contributed by atoms with van der Waals surface area (Å²) in [4.78, 5) is 15.4. The van der Waals surface area contributed by atoms with Crippen LogP contribution in [0.15, 0.2) is 48.6 Å². The minimum atomic E-state index is -3.78. The van der Waals surface area contributed by atoms with E-state index in [1.807, 2.05) is 18.2 Å². The fourth-order valence-electron chi connectivity index (χ4n) is 6.83. The lowest BCUT2D eigenvalue weighted by molar-refractivity contribution is 0.0456. The molecule has 9 heteroatoms. The molecular formula is C30H35ClN2O5S. The normalized spacial score (nSPS) is 31.1. The number of rotatable bonds is 0. The highest BCUT2D eigenvalue weighted by atomic mass is 35.5. The molecule has 6 rings (SSSR count). The van der Waals surface area contributed by atoms with Gasteiger partial charge in [-0.3, -0.25) is 4.79 Å². The number of hydrogen-bond donors (Lipinski definition) is 2. The highest BCUT2D eigenvalue weighted by molar-refractivity contribution is 7.90. The van der Waals surface area contributed by atoms with Gasteiger partial charge >= 0.3 is 0 Å². The molecule has 2 bridgehead atoms. The molecule has 2 heterocycles. The number of aryl methyl sites for hydroxylation is 1. The molecule has 4 atom stereocenters. The van der Waals surface area contributed by atoms with Crippen molar-refractivity contribution < 1.29 is 23.1 Å². The van der Waals surface area contributed by atoms with Crippen molar-refractivity contribution in [1.29, 1.82) is 0 Å². The number of allylic oxidation sites excluding steroid dienone is 1. The summed E-state index contributed by atoms with van der Waals surface area (Å²) in [6, 6.07) is 11.3. The lowest BCUT2D eigenvalue weighted by Crippen LogP contribution is -2.49. The van der Waals surface area contributed by atoms with E-state index < -0.39 is 22.0 Å². The van der Waals surface area contributed by atoms with Gasteiger partial charge in [0.05, 0.1) is 24.2 Å². The molecule has 2 aromatic rings. The number of halogens is 1. The molecule has 39 heavy (non-hydrogen) atoms. The Bertz CT molecular complexity index is 1410. The fourth-order valence-corrected chi connectivity index (χ4v) is 8.07. The summed E-state index contributed by atoms with van der Waals surface area (Å²) in [7, 11) is -3.78. The van der Waals surface area contributed by atoms with Crippen LogP contribution in [0.25, 0.3) is 0 Å². The first kappa shape index (κ1) is 26.7. The highest BCUT2D eigenvalue weighted by Gasteiger charge is 2.44. The highest BCUT2D eigenvalue weighted by Crippen LogP contribution is 2.46. The standard InChI is InChI=1S/C30H35ClN2O5S/c31-23-9-11-25-20(15-23)5-4-13-30(25)18-33-17-22-7-10-24(22)27(34)6-2-1-3-14-39(36,37)32-29(35)21-8-12-28(38-19-30)26(33)16-21/h2,6,8-9,11-12,15-16,22,24,27,34H,1,3-5,7,10,13-14,17-19H2,(H,32,35)/b6-2+/t22-,24+,27+,30-/m0/s1. The summed E-state index contributed by atoms with van der Waals surface area (Å²) in [5.74, 6) is 0.341. The molecule has 2 aromatic carbocycles. The summed E-state index contributed by atoms with van der Waals surface area (Å²) in [5, 5.41) is 11.7. The average molecular weight is 571 g/mol. The Morgan fingerprint density at radius 2 is 2.00 bits per heavy atom. The van der Waals surface area contributed by atoms with Crippen LogP contribution in [0.5, 0.6) is 5.75 Å². The van der Waals surface area contributed by atoms with Gasteiger partial charge in [0, 0.05) is 29.1 Å². The largest absolute Gasteiger partial charge is 0.490 e. The van der Waals surface area contributed by atoms with Crippen molar-refractivity contribution in [1.82, 2.24) is 4.72 Å². The zero-order chi connectivity index (χ0) is 27.2. The number of sulfonamides is 1. The van der Waals surface area contributed by atoms with Crippen molar-refractivity contribution in [2.75, 3.05) is 30.3 Å². The lowest BCUT2D eigenvalue weighted by atomic mass is 9.68. The first-order valence-electron chi connectivity index (χ1n) is 13.9. The fraction of sp³-hybridized carbons (Fsp3) is 0.500. The van der Waals surface area contributed by atoms with Gasteiger partial charge in [0.1, 0.15) is 5.75 Å². The van der Waals surface area contributed by atoms with Crippen molar-refractivity contribution in [3.63, 3.8) is 0 Å². The molecule has 1 saturated carbocycles. The minimum Gasteiger partial charge on any atom is -0.490 e. The Labute approximate surface area is 235 Å². The zero-order valence-electron chi connectivity index (χ0n) is 21.9. The van der Waals surface area contributed by atoms with E-state index in [9.17, 15) is 18.3 Å². The third-order valence-electron chi connectivity index (χ3n) is 9.03. The number of anilines is 1. The summed E-state index contributed by atoms with van der Waals surface area (Å²) >= 11 is 6.36. The van der Waals surface area contributed by atoms with Gasteiger partial charge < -0.3 is 14.7 Å². The summed E-state index contributed by atoms with van der Waals surface area (Å²) in [6.07, 6.45) is 8.98. The van der Waals surface area contributed by atoms with Crippen molar-refractivity contribution >= 4 is 33.2 Å². The molecule has 208 valence electrons. The molecule has 2 aliphatic carbocycles. The van der Waals surface area contributed by atoms with Gasteiger partial charge in [-0.2, -0.15) is 0 Å². The molecular weight excluding hydrogens is 536 g/mol. The van der Waals surface area contributed by atoms with Crippen LogP contribution in [0.2, 0.25) is 5.02 Å². The number of fused-ring (bicyclic) bond motifs is 4. The maximum absolute atomic E-state index is 13.0. The van der Waals surface area contributed by atoms with E-state index in [-0.39, 0.29) is 22.6 Å². The van der Waals surface area contributed by atoms with E-state index in [4.69, 9.17) is 16.3 Å². The molecule has 4 aliphatic rings. The van der Waals surface area contributed by atoms with Gasteiger partial charge in [-0.05, 0) is 98.2 Å². The molecule has 1 fully saturated rings. The molecule has 0 saturated heterocycles. The lowest BCUT2D eigenvalue weighted by Gasteiger charge is -2.45. The van der Waals surface area contributed by atoms with Gasteiger partial charge in [0.25, 0.3) is 5.91 Å². The Morgan fingerprint density at radius 1 is 1.13 bits per heavy atom. The Kier molecular flexibility index (Phi) is 7.14. The maximum atomic E-state index is 13.0. The Hall–Kier alpha value is -2.55. The zero-order valence-corrected chi connectivity index (χ0v) is 23.5. The number of hydrogen-bond acceptors (Lipinski definition) is 6. The predicted molar refractivity (Wildman–Crippen MR) is 152 cm³/mol. The number of aliphatic hydroxyl groups excluding tert-OH is 1. The summed E-state index contributed by atoms with van der Waals surface area (Å²) < 4.78 is 33.9. The van der Waals surface area contributed by atoms with E-state index in [1.165, 1.54) is 11.1 Å². The number of carbonyl (C=O) groups excluding carboxylic acids is 1. The topological polar surface area (TPSA) is 95.9 Å². The Balaban J connectivity index is 1.42. The average Bonchev–Trinajstić information content (AvgIpc) is 3.02. The second-order valence-corrected chi connectivity index (χ2v) is 13.9. The first-order valence-corrected chi connectivity index (χ1v) is 16.0. The third kappa shape index (κ3) is 5.31. The second kappa shape index (κ2) is 10.5. The SMILES string of the molecule is O=C1NS(=O)(=O)CCC/C=C/[C@@H](O)[C@@H]2CC[C@H]2CN2C[C@@]3(CCCc4cc(Cl)ccc43)COc3ccc1cc32. The van der Waals surface area contributed by atoms with Crippen LogP contribution in [0, 0.1) is 11.8 Å². The number of carbonyl (C=O) groups is 1. The molecule has 0 aromatic heterocycles. The van der Waals surface area contributed by atoms with Crippen LogP contribution < -0.4 is 14.4 Å². The van der Waals surface area contributed by atoms with Gasteiger partial charge in [0.2, 0.25) is 10.0 Å². The van der Waals surface area contributed by atoms with E-state index in [0.717, 1.165) is 49.4 Å². The Morgan fingerprint density at radius 3 is 2.82 bits per heavy atom. The van der Waals surface area contributed by atoms with Crippen LogP contribution >= 0.6 is 11.6 Å². The summed E-state index contributed by atoms with van der Waals surface area (Å²) in [6.45, 7) is 1.93. The monoisotopic (exact) mass is 570 g/mol. The quantitative estimate of drug-likeness (QED) is 0.449. The first-order chi connectivity index (χ1) is 18.7. The van der Waals surface area contributed by atoms with E-state index in [2.05, 4.69) is 21.8 Å². The molecule has 0 radical (unpaired) electrons. The number of aliphatic hydroxyl groups is 1. The van der Waals surface area contributed by atoms with Gasteiger partial charge in [-0.25, -0.2) is 13.1 Å². The number of ether oxygens (including phenoxy) is 1. The van der Waals surface area contributed by atoms with E-state index in [0.29, 0.717) is 37.7 Å². The van der Waals surface area contributed by atoms with Crippen LogP contribution in [-0.4, -0.2) is 51.0 Å². The minimum absolute atomic E-state index is 0.144. The van der Waals surface area contributed by atoms with E-state index in [1.54, 1.807) is 18.2 Å². The van der Waals surface area contributed by atoms with Crippen molar-refractivity contribution in [3.8, 4) is 5.75 Å². The number of benzene rings is 2. The summed E-state index contributed by atoms with van der Waals surface area (Å²) in [5.41, 5.74) is 3.35. The maximum Gasteiger partial charge on any atom is 0.264 e. The smallest absolute Gasteiger partial charge is 0.264 e. The van der Waals surface area contributed by atoms with Crippen molar-refractivity contribution in [2.24, 2.45) is 11.8 Å². The van der Waals surface area contributed by atoms with Crippen LogP contribution in [-0.2, 0) is 21.9 Å². The number of amides is 1. The molecule has 2 aliphatic heterocycles. The molecule has 1 amide bonds. The molecule has 2 N–H and O–H groups in total. The second-order valence-electron chi connectivity index (χ2n) is 11.6. The van der Waals surface area contributed by atoms with Crippen molar-refractivity contribution in [3.05, 3.63) is 70.3 Å². The number of nitrogens with one attached hydrogen (secondary N) is 1. The number of nitrogens with zero attached hydrogens (tertiary/aromatic N) is 1. The molecule has 7 nitrogen and oxygen atoms in total. The molecule has 0 unspecified atom stereocenters. The van der Waals surface area contributed by atoms with Crippen LogP contribution in [0.1, 0.15) is 60.0 Å².